The van der Waals surface area contributed by atoms with Gasteiger partial charge >= 0.3 is 0 Å². The fourth-order valence-corrected chi connectivity index (χ4v) is 4.41. The highest BCUT2D eigenvalue weighted by atomic mass is 35.5. The van der Waals surface area contributed by atoms with Gasteiger partial charge in [0.2, 0.25) is 10.0 Å². The van der Waals surface area contributed by atoms with E-state index in [9.17, 15) is 8.42 Å². The molecule has 1 heterocycles. The predicted molar refractivity (Wildman–Crippen MR) is 104 cm³/mol. The highest BCUT2D eigenvalue weighted by molar-refractivity contribution is 7.89. The Morgan fingerprint density at radius 3 is 2.48 bits per heavy atom. The van der Waals surface area contributed by atoms with Gasteiger partial charge < -0.3 is 4.84 Å². The number of hydrogen-bond acceptors (Lipinski definition) is 5. The molecule has 3 aromatic rings. The number of rotatable bonds is 7. The summed E-state index contributed by atoms with van der Waals surface area (Å²) in [5.74, 6) is 0. The predicted octanol–water partition coefficient (Wildman–Crippen LogP) is 3.40. The number of fused-ring (bicyclic) bond motifs is 1. The van der Waals surface area contributed by atoms with E-state index in [1.807, 2.05) is 0 Å². The van der Waals surface area contributed by atoms with Crippen LogP contribution in [0.4, 0.5) is 0 Å². The van der Waals surface area contributed by atoms with Crippen LogP contribution in [-0.4, -0.2) is 41.0 Å². The maximum Gasteiger partial charge on any atom is 0.243 e. The monoisotopic (exact) mass is 428 g/mol. The standard InChI is InChI=1S/C17H18Cl2N4O3S/c1-3-22(4-2)27(24,25)13-6-8-16-17(10-13)23(21-20-16)26-11-12-5-7-14(18)15(19)9-12/h5-10H,3-4,11H2,1-2H3. The van der Waals surface area contributed by atoms with Crippen molar-refractivity contribution in [2.75, 3.05) is 13.1 Å². The first kappa shape index (κ1) is 19.9. The number of aromatic nitrogens is 3. The molecule has 27 heavy (non-hydrogen) atoms. The van der Waals surface area contributed by atoms with Crippen LogP contribution in [-0.2, 0) is 16.6 Å². The summed E-state index contributed by atoms with van der Waals surface area (Å²) in [6, 6.07) is 9.79. The van der Waals surface area contributed by atoms with Crippen LogP contribution < -0.4 is 4.84 Å². The van der Waals surface area contributed by atoms with Crippen molar-refractivity contribution in [1.82, 2.24) is 19.5 Å². The van der Waals surface area contributed by atoms with Crippen molar-refractivity contribution in [3.05, 3.63) is 52.0 Å². The molecule has 0 unspecified atom stereocenters. The summed E-state index contributed by atoms with van der Waals surface area (Å²) >= 11 is 11.9. The molecule has 0 aliphatic carbocycles. The first-order valence-electron chi connectivity index (χ1n) is 8.29. The van der Waals surface area contributed by atoms with E-state index in [2.05, 4.69) is 10.3 Å². The van der Waals surface area contributed by atoms with E-state index in [1.165, 1.54) is 21.3 Å². The fourth-order valence-electron chi connectivity index (χ4n) is 2.61. The summed E-state index contributed by atoms with van der Waals surface area (Å²) in [6.45, 7) is 4.55. The number of benzene rings is 2. The maximum absolute atomic E-state index is 12.7. The van der Waals surface area contributed by atoms with Crippen LogP contribution >= 0.6 is 23.2 Å². The molecule has 0 amide bonds. The molecule has 0 N–H and O–H groups in total. The number of halogens is 2. The molecular formula is C17H18Cl2N4O3S. The summed E-state index contributed by atoms with van der Waals surface area (Å²) < 4.78 is 26.8. The molecule has 0 fully saturated rings. The second-order valence-corrected chi connectivity index (χ2v) is 8.48. The Bertz CT molecular complexity index is 1070. The normalized spacial score (nSPS) is 12.0. The van der Waals surface area contributed by atoms with Crippen molar-refractivity contribution in [1.29, 1.82) is 0 Å². The van der Waals surface area contributed by atoms with E-state index in [0.717, 1.165) is 5.56 Å². The Labute approximate surface area is 167 Å². The minimum atomic E-state index is -3.59. The van der Waals surface area contributed by atoms with Gasteiger partial charge in [0.1, 0.15) is 17.6 Å². The van der Waals surface area contributed by atoms with E-state index in [1.54, 1.807) is 38.1 Å². The van der Waals surface area contributed by atoms with Gasteiger partial charge in [-0.2, -0.15) is 4.31 Å². The summed E-state index contributed by atoms with van der Waals surface area (Å²) in [5.41, 5.74) is 1.78. The summed E-state index contributed by atoms with van der Waals surface area (Å²) in [7, 11) is -3.59. The van der Waals surface area contributed by atoms with Crippen LogP contribution in [0.25, 0.3) is 11.0 Å². The average Bonchev–Trinajstić information content (AvgIpc) is 3.06. The molecule has 2 aromatic carbocycles. The first-order chi connectivity index (χ1) is 12.9. The Morgan fingerprint density at radius 2 is 1.81 bits per heavy atom. The highest BCUT2D eigenvalue weighted by Crippen LogP contribution is 2.23. The Balaban J connectivity index is 1.90. The van der Waals surface area contributed by atoms with E-state index in [0.29, 0.717) is 34.2 Å². The highest BCUT2D eigenvalue weighted by Gasteiger charge is 2.23. The molecule has 0 spiro atoms. The van der Waals surface area contributed by atoms with Crippen LogP contribution in [0, 0.1) is 0 Å². The summed E-state index contributed by atoms with van der Waals surface area (Å²) in [5, 5.41) is 8.82. The van der Waals surface area contributed by atoms with E-state index in [4.69, 9.17) is 28.0 Å². The molecular weight excluding hydrogens is 411 g/mol. The number of sulfonamides is 1. The quantitative estimate of drug-likeness (QED) is 0.576. The van der Waals surface area contributed by atoms with E-state index in [-0.39, 0.29) is 11.5 Å². The smallest absolute Gasteiger partial charge is 0.243 e. The average molecular weight is 429 g/mol. The zero-order valence-corrected chi connectivity index (χ0v) is 17.1. The van der Waals surface area contributed by atoms with Gasteiger partial charge in [0.15, 0.2) is 0 Å². The van der Waals surface area contributed by atoms with Crippen molar-refractivity contribution in [3.63, 3.8) is 0 Å². The van der Waals surface area contributed by atoms with Crippen LogP contribution in [0.1, 0.15) is 19.4 Å². The first-order valence-corrected chi connectivity index (χ1v) is 10.5. The van der Waals surface area contributed by atoms with Gasteiger partial charge in [-0.3, -0.25) is 0 Å². The van der Waals surface area contributed by atoms with Crippen LogP contribution in [0.5, 0.6) is 0 Å². The van der Waals surface area contributed by atoms with E-state index >= 15 is 0 Å². The van der Waals surface area contributed by atoms with Crippen molar-refractivity contribution < 1.29 is 13.3 Å². The maximum atomic E-state index is 12.7. The van der Waals surface area contributed by atoms with Gasteiger partial charge in [-0.05, 0) is 41.1 Å². The molecule has 3 rings (SSSR count). The second-order valence-electron chi connectivity index (χ2n) is 5.72. The summed E-state index contributed by atoms with van der Waals surface area (Å²) in [4.78, 5) is 7.03. The van der Waals surface area contributed by atoms with Crippen molar-refractivity contribution in [2.45, 2.75) is 25.3 Å². The third-order valence-corrected chi connectivity index (χ3v) is 6.85. The minimum absolute atomic E-state index is 0.167. The lowest BCUT2D eigenvalue weighted by atomic mass is 10.2. The van der Waals surface area contributed by atoms with Crippen LogP contribution in [0.15, 0.2) is 41.3 Å². The van der Waals surface area contributed by atoms with Gasteiger partial charge in [0.25, 0.3) is 0 Å². The zero-order chi connectivity index (χ0) is 19.6. The lowest BCUT2D eigenvalue weighted by Crippen LogP contribution is -2.30. The lowest BCUT2D eigenvalue weighted by Gasteiger charge is -2.18. The zero-order valence-electron chi connectivity index (χ0n) is 14.8. The largest absolute Gasteiger partial charge is 0.390 e. The molecule has 0 radical (unpaired) electrons. The molecule has 0 bridgehead atoms. The molecule has 10 heteroatoms. The van der Waals surface area contributed by atoms with Gasteiger partial charge in [0, 0.05) is 13.1 Å². The van der Waals surface area contributed by atoms with Crippen molar-refractivity contribution in [2.24, 2.45) is 0 Å². The van der Waals surface area contributed by atoms with Crippen LogP contribution in [0.2, 0.25) is 10.0 Å². The third kappa shape index (κ3) is 4.03. The van der Waals surface area contributed by atoms with Crippen LogP contribution in [0.3, 0.4) is 0 Å². The summed E-state index contributed by atoms with van der Waals surface area (Å²) in [6.07, 6.45) is 0. The van der Waals surface area contributed by atoms with Gasteiger partial charge in [-0.15, -0.1) is 5.10 Å². The van der Waals surface area contributed by atoms with Gasteiger partial charge in [-0.25, -0.2) is 8.42 Å². The molecule has 0 aliphatic heterocycles. The van der Waals surface area contributed by atoms with Gasteiger partial charge in [-0.1, -0.05) is 48.0 Å². The molecule has 0 aliphatic rings. The van der Waals surface area contributed by atoms with Crippen molar-refractivity contribution >= 4 is 44.3 Å². The van der Waals surface area contributed by atoms with Crippen molar-refractivity contribution in [3.8, 4) is 0 Å². The van der Waals surface area contributed by atoms with E-state index < -0.39 is 10.0 Å². The lowest BCUT2D eigenvalue weighted by molar-refractivity contribution is 0.0751. The van der Waals surface area contributed by atoms with Gasteiger partial charge in [0.05, 0.1) is 14.9 Å². The topological polar surface area (TPSA) is 77.3 Å². The fraction of sp³-hybridized carbons (Fsp3) is 0.294. The second kappa shape index (κ2) is 8.02. The Kier molecular flexibility index (Phi) is 5.90. The molecule has 144 valence electrons. The number of nitrogens with zero attached hydrogens (tertiary/aromatic N) is 4. The molecule has 7 nitrogen and oxygen atoms in total. The molecule has 0 saturated carbocycles. The Hall–Kier alpha value is -1.87. The SMILES string of the molecule is CCN(CC)S(=O)(=O)c1ccc2nnn(OCc3ccc(Cl)c(Cl)c3)c2c1. The molecule has 0 saturated heterocycles. The minimum Gasteiger partial charge on any atom is -0.390 e. The molecule has 0 atom stereocenters. The number of hydrogen-bond donors (Lipinski definition) is 0. The molecule has 1 aromatic heterocycles. The Morgan fingerprint density at radius 1 is 1.07 bits per heavy atom. The third-order valence-electron chi connectivity index (χ3n) is 4.07.